The van der Waals surface area contributed by atoms with E-state index in [0.29, 0.717) is 12.1 Å². The summed E-state index contributed by atoms with van der Waals surface area (Å²) < 4.78 is 5.58. The number of ether oxygens (including phenoxy) is 1. The molecule has 0 aliphatic heterocycles. The molecule has 0 spiro atoms. The van der Waals surface area contributed by atoms with E-state index in [4.69, 9.17) is 24.5 Å². The van der Waals surface area contributed by atoms with Crippen LogP contribution in [-0.2, 0) is 14.3 Å². The van der Waals surface area contributed by atoms with Gasteiger partial charge in [-0.1, -0.05) is 32.1 Å². The minimum Gasteiger partial charge on any atom is -0.473 e. The van der Waals surface area contributed by atoms with Crippen molar-refractivity contribution in [1.29, 1.82) is 0 Å². The summed E-state index contributed by atoms with van der Waals surface area (Å²) in [7, 11) is 1.87. The minimum absolute atomic E-state index is 0.473. The zero-order valence-electron chi connectivity index (χ0n) is 12.7. The number of rotatable bonds is 3. The summed E-state index contributed by atoms with van der Waals surface area (Å²) >= 11 is 0. The van der Waals surface area contributed by atoms with E-state index in [1.54, 1.807) is 0 Å². The molecule has 2 aliphatic rings. The maximum atomic E-state index is 9.10. The molecule has 2 rings (SSSR count). The second kappa shape index (κ2) is 9.73. The van der Waals surface area contributed by atoms with Gasteiger partial charge in [-0.2, -0.15) is 0 Å². The molecule has 0 aromatic rings. The van der Waals surface area contributed by atoms with Crippen LogP contribution in [0.15, 0.2) is 0 Å². The van der Waals surface area contributed by atoms with Crippen molar-refractivity contribution in [3.8, 4) is 0 Å². The number of carboxylic acids is 2. The number of hydrogen-bond acceptors (Lipinski definition) is 4. The molecule has 2 fully saturated rings. The van der Waals surface area contributed by atoms with Crippen molar-refractivity contribution >= 4 is 11.9 Å². The molecule has 3 N–H and O–H groups in total. The Bertz CT molecular complexity index is 316. The van der Waals surface area contributed by atoms with Crippen molar-refractivity contribution < 1.29 is 24.5 Å². The molecule has 21 heavy (non-hydrogen) atoms. The monoisotopic (exact) mass is 301 g/mol. The lowest BCUT2D eigenvalue weighted by Crippen LogP contribution is -2.48. The van der Waals surface area contributed by atoms with Crippen LogP contribution in [0.4, 0.5) is 0 Å². The standard InChI is InChI=1S/C13H25NO.C2H2O4/c1-15-13-10-6-5-9-12(13)14-11-7-3-2-4-8-11;3-1(4)2(5)6/h11-14H,2-10H2,1H3;(H,3,4)(H,5,6). The maximum Gasteiger partial charge on any atom is 0.414 e. The van der Waals surface area contributed by atoms with Gasteiger partial charge in [0.25, 0.3) is 0 Å². The summed E-state index contributed by atoms with van der Waals surface area (Å²) in [6.45, 7) is 0. The van der Waals surface area contributed by atoms with Crippen molar-refractivity contribution in [3.63, 3.8) is 0 Å². The maximum absolute atomic E-state index is 9.10. The lowest BCUT2D eigenvalue weighted by molar-refractivity contribution is -0.159. The molecule has 0 amide bonds. The van der Waals surface area contributed by atoms with Crippen molar-refractivity contribution in [3.05, 3.63) is 0 Å². The van der Waals surface area contributed by atoms with Gasteiger partial charge in [-0.05, 0) is 25.7 Å². The summed E-state index contributed by atoms with van der Waals surface area (Å²) in [5, 5.41) is 18.6. The topological polar surface area (TPSA) is 95.9 Å². The highest BCUT2D eigenvalue weighted by molar-refractivity contribution is 6.27. The van der Waals surface area contributed by atoms with Gasteiger partial charge >= 0.3 is 11.9 Å². The summed E-state index contributed by atoms with van der Waals surface area (Å²) in [4.78, 5) is 18.2. The van der Waals surface area contributed by atoms with E-state index in [2.05, 4.69) is 5.32 Å². The summed E-state index contributed by atoms with van der Waals surface area (Å²) in [6.07, 6.45) is 12.8. The largest absolute Gasteiger partial charge is 0.473 e. The van der Waals surface area contributed by atoms with Gasteiger partial charge in [0, 0.05) is 19.2 Å². The zero-order chi connectivity index (χ0) is 15.7. The molecule has 0 aromatic carbocycles. The van der Waals surface area contributed by atoms with E-state index >= 15 is 0 Å². The first-order valence-corrected chi connectivity index (χ1v) is 7.79. The molecular formula is C15H27NO5. The van der Waals surface area contributed by atoms with Gasteiger partial charge in [0.2, 0.25) is 0 Å². The molecule has 0 aromatic heterocycles. The van der Waals surface area contributed by atoms with E-state index in [9.17, 15) is 0 Å². The van der Waals surface area contributed by atoms with Crippen LogP contribution in [0, 0.1) is 0 Å². The molecule has 2 saturated carbocycles. The molecule has 122 valence electrons. The van der Waals surface area contributed by atoms with Crippen LogP contribution in [-0.4, -0.2) is 47.4 Å². The second-order valence-electron chi connectivity index (χ2n) is 5.78. The van der Waals surface area contributed by atoms with Gasteiger partial charge in [-0.3, -0.25) is 0 Å². The molecule has 0 heterocycles. The highest BCUT2D eigenvalue weighted by Gasteiger charge is 2.27. The van der Waals surface area contributed by atoms with Gasteiger partial charge in [-0.15, -0.1) is 0 Å². The highest BCUT2D eigenvalue weighted by Crippen LogP contribution is 2.24. The number of methoxy groups -OCH3 is 1. The molecule has 0 saturated heterocycles. The van der Waals surface area contributed by atoms with E-state index in [1.165, 1.54) is 57.8 Å². The van der Waals surface area contributed by atoms with Gasteiger partial charge in [-0.25, -0.2) is 9.59 Å². The van der Waals surface area contributed by atoms with Crippen molar-refractivity contribution in [2.24, 2.45) is 0 Å². The third-order valence-corrected chi connectivity index (χ3v) is 4.24. The Morgan fingerprint density at radius 1 is 0.905 bits per heavy atom. The van der Waals surface area contributed by atoms with Crippen LogP contribution in [0.1, 0.15) is 57.8 Å². The van der Waals surface area contributed by atoms with Crippen LogP contribution in [0.25, 0.3) is 0 Å². The number of carboxylic acid groups (broad SMARTS) is 2. The average molecular weight is 301 g/mol. The summed E-state index contributed by atoms with van der Waals surface area (Å²) in [5.41, 5.74) is 0. The SMILES string of the molecule is COC1CCCCC1NC1CCCCC1.O=C(O)C(=O)O. The Hall–Kier alpha value is -1.14. The molecule has 6 nitrogen and oxygen atoms in total. The van der Waals surface area contributed by atoms with Crippen LogP contribution >= 0.6 is 0 Å². The first-order valence-electron chi connectivity index (χ1n) is 7.79. The quantitative estimate of drug-likeness (QED) is 0.690. The summed E-state index contributed by atoms with van der Waals surface area (Å²) in [6, 6.07) is 1.41. The van der Waals surface area contributed by atoms with Gasteiger partial charge in [0.05, 0.1) is 6.10 Å². The summed E-state index contributed by atoms with van der Waals surface area (Å²) in [5.74, 6) is -3.65. The molecule has 2 unspecified atom stereocenters. The molecule has 2 aliphatic carbocycles. The minimum atomic E-state index is -1.82. The Morgan fingerprint density at radius 3 is 1.95 bits per heavy atom. The molecule has 6 heteroatoms. The number of carbonyl (C=O) groups is 2. The van der Waals surface area contributed by atoms with Crippen LogP contribution in [0.3, 0.4) is 0 Å². The number of nitrogens with one attached hydrogen (secondary N) is 1. The predicted molar refractivity (Wildman–Crippen MR) is 78.3 cm³/mol. The van der Waals surface area contributed by atoms with E-state index in [-0.39, 0.29) is 0 Å². The van der Waals surface area contributed by atoms with E-state index < -0.39 is 11.9 Å². The Labute approximate surface area is 125 Å². The lowest BCUT2D eigenvalue weighted by atomic mass is 9.89. The van der Waals surface area contributed by atoms with Crippen molar-refractivity contribution in [1.82, 2.24) is 5.32 Å². The molecule has 0 bridgehead atoms. The second-order valence-corrected chi connectivity index (χ2v) is 5.78. The normalized spacial score (nSPS) is 26.5. The number of hydrogen-bond donors (Lipinski definition) is 3. The van der Waals surface area contributed by atoms with E-state index in [1.807, 2.05) is 7.11 Å². The first kappa shape index (κ1) is 17.9. The van der Waals surface area contributed by atoms with E-state index in [0.717, 1.165) is 6.04 Å². The lowest BCUT2D eigenvalue weighted by Gasteiger charge is -2.35. The molecular weight excluding hydrogens is 274 g/mol. The van der Waals surface area contributed by atoms with Crippen LogP contribution < -0.4 is 5.32 Å². The predicted octanol–water partition coefficient (Wildman–Crippen LogP) is 2.02. The smallest absolute Gasteiger partial charge is 0.414 e. The third-order valence-electron chi connectivity index (χ3n) is 4.24. The average Bonchev–Trinajstić information content (AvgIpc) is 2.49. The molecule has 0 radical (unpaired) electrons. The molecule has 2 atom stereocenters. The highest BCUT2D eigenvalue weighted by atomic mass is 16.5. The van der Waals surface area contributed by atoms with Gasteiger partial charge in [0.15, 0.2) is 0 Å². The van der Waals surface area contributed by atoms with Gasteiger partial charge in [0.1, 0.15) is 0 Å². The fourth-order valence-electron chi connectivity index (χ4n) is 3.14. The van der Waals surface area contributed by atoms with Crippen molar-refractivity contribution in [2.45, 2.75) is 76.0 Å². The van der Waals surface area contributed by atoms with Gasteiger partial charge < -0.3 is 20.3 Å². The zero-order valence-corrected chi connectivity index (χ0v) is 12.7. The third kappa shape index (κ3) is 6.91. The Kier molecular flexibility index (Phi) is 8.30. The van der Waals surface area contributed by atoms with Crippen molar-refractivity contribution in [2.75, 3.05) is 7.11 Å². The Morgan fingerprint density at radius 2 is 1.43 bits per heavy atom. The fraction of sp³-hybridized carbons (Fsp3) is 0.867. The first-order chi connectivity index (χ1) is 10.0. The number of aliphatic carboxylic acids is 2. The van der Waals surface area contributed by atoms with Crippen LogP contribution in [0.5, 0.6) is 0 Å². The fourth-order valence-corrected chi connectivity index (χ4v) is 3.14. The van der Waals surface area contributed by atoms with Crippen LogP contribution in [0.2, 0.25) is 0 Å². The Balaban J connectivity index is 0.000000315.